The van der Waals surface area contributed by atoms with Crippen molar-refractivity contribution in [2.24, 2.45) is 13.0 Å². The molecule has 0 bridgehead atoms. The zero-order chi connectivity index (χ0) is 39.3. The minimum Gasteiger partial charge on any atom is -0.488 e. The lowest BCUT2D eigenvalue weighted by molar-refractivity contribution is -0.136. The fourth-order valence-corrected chi connectivity index (χ4v) is 9.36. The lowest BCUT2D eigenvalue weighted by Gasteiger charge is -2.30. The van der Waals surface area contributed by atoms with Crippen molar-refractivity contribution in [2.45, 2.75) is 115 Å². The van der Waals surface area contributed by atoms with E-state index in [-0.39, 0.29) is 18.2 Å². The summed E-state index contributed by atoms with van der Waals surface area (Å²) in [6.07, 6.45) is 15.7. The van der Waals surface area contributed by atoms with Crippen LogP contribution >= 0.6 is 22.9 Å². The number of thiophene rings is 1. The minimum absolute atomic E-state index is 0.155. The van der Waals surface area contributed by atoms with Crippen LogP contribution in [0.15, 0.2) is 42.0 Å². The van der Waals surface area contributed by atoms with E-state index in [2.05, 4.69) is 43.5 Å². The summed E-state index contributed by atoms with van der Waals surface area (Å²) in [5, 5.41) is 20.2. The maximum Gasteiger partial charge on any atom is 0.256 e. The van der Waals surface area contributed by atoms with Crippen LogP contribution in [-0.4, -0.2) is 73.6 Å². The number of carbonyl (C=O) groups excluding carboxylic acids is 3. The number of nitrogens with zero attached hydrogens (tertiary/aromatic N) is 5. The Balaban J connectivity index is 0.680. The van der Waals surface area contributed by atoms with Crippen LogP contribution in [-0.2, 0) is 42.8 Å². The average molecular weight is 814 g/mol. The molecule has 4 N–H and O–H groups in total. The number of aryl methyl sites for hydroxylation is 1. The summed E-state index contributed by atoms with van der Waals surface area (Å²) >= 11 is 8.09. The fourth-order valence-electron chi connectivity index (χ4n) is 8.22. The van der Waals surface area contributed by atoms with Crippen LogP contribution < -0.4 is 26.0 Å². The molecule has 1 atom stereocenters. The van der Waals surface area contributed by atoms with E-state index in [1.165, 1.54) is 48.3 Å². The van der Waals surface area contributed by atoms with Gasteiger partial charge in [-0.05, 0) is 101 Å². The van der Waals surface area contributed by atoms with Gasteiger partial charge >= 0.3 is 0 Å². The summed E-state index contributed by atoms with van der Waals surface area (Å²) in [5.41, 5.74) is 5.73. The molecule has 4 aliphatic rings. The second-order valence-corrected chi connectivity index (χ2v) is 17.3. The summed E-state index contributed by atoms with van der Waals surface area (Å²) in [6, 6.07) is 8.43. The third-order valence-electron chi connectivity index (χ3n) is 11.8. The van der Waals surface area contributed by atoms with Crippen molar-refractivity contribution in [1.82, 2.24) is 40.6 Å². The van der Waals surface area contributed by atoms with Crippen molar-refractivity contribution in [2.75, 3.05) is 18.4 Å². The van der Waals surface area contributed by atoms with Gasteiger partial charge < -0.3 is 25.6 Å². The molecule has 2 aliphatic carbocycles. The molecule has 2 saturated carbocycles. The van der Waals surface area contributed by atoms with Gasteiger partial charge in [-0.3, -0.25) is 24.4 Å². The second-order valence-electron chi connectivity index (χ2n) is 15.9. The molecule has 0 spiro atoms. The summed E-state index contributed by atoms with van der Waals surface area (Å²) in [5.74, 6) is 1.32. The molecule has 0 radical (unpaired) electrons. The number of hydrogen-bond donors (Lipinski definition) is 4. The Morgan fingerprint density at radius 1 is 0.947 bits per heavy atom. The van der Waals surface area contributed by atoms with Gasteiger partial charge in [-0.15, -0.1) is 11.3 Å². The van der Waals surface area contributed by atoms with Crippen LogP contribution in [0.1, 0.15) is 103 Å². The highest BCUT2D eigenvalue weighted by Crippen LogP contribution is 2.37. The number of ether oxygens (including phenoxy) is 1. The van der Waals surface area contributed by atoms with Gasteiger partial charge in [-0.25, -0.2) is 9.97 Å². The van der Waals surface area contributed by atoms with Crippen LogP contribution in [0.25, 0.3) is 11.3 Å². The molecule has 1 aromatic carbocycles. The predicted octanol–water partition coefficient (Wildman–Crippen LogP) is 6.16. The van der Waals surface area contributed by atoms with E-state index in [1.807, 2.05) is 35.4 Å². The number of halogens is 1. The molecule has 302 valence electrons. The number of rotatable bonds is 18. The Kier molecular flexibility index (Phi) is 12.5. The zero-order valence-electron chi connectivity index (χ0n) is 32.5. The van der Waals surface area contributed by atoms with E-state index in [0.717, 1.165) is 91.5 Å². The Labute approximate surface area is 342 Å². The molecule has 57 heavy (non-hydrogen) atoms. The van der Waals surface area contributed by atoms with E-state index in [4.69, 9.17) is 21.3 Å². The zero-order valence-corrected chi connectivity index (χ0v) is 34.1. The van der Waals surface area contributed by atoms with Gasteiger partial charge in [0.1, 0.15) is 18.4 Å². The van der Waals surface area contributed by atoms with Gasteiger partial charge in [0, 0.05) is 65.7 Å². The first-order valence-corrected chi connectivity index (χ1v) is 21.7. The van der Waals surface area contributed by atoms with E-state index in [9.17, 15) is 14.4 Å². The normalized spacial score (nSPS) is 20.8. The molecular formula is C42H52ClN9O4S. The highest BCUT2D eigenvalue weighted by Gasteiger charge is 2.40. The summed E-state index contributed by atoms with van der Waals surface area (Å²) in [6.45, 7) is 3.55. The van der Waals surface area contributed by atoms with Gasteiger partial charge in [0.25, 0.3) is 5.91 Å². The average Bonchev–Trinajstić information content (AvgIpc) is 3.72. The number of hydrogen-bond acceptors (Lipinski definition) is 11. The Bertz CT molecular complexity index is 2060. The van der Waals surface area contributed by atoms with Crippen molar-refractivity contribution < 1.29 is 19.1 Å². The predicted molar refractivity (Wildman–Crippen MR) is 220 cm³/mol. The molecule has 3 fully saturated rings. The minimum atomic E-state index is -0.610. The number of aromatic nitrogens is 4. The Morgan fingerprint density at radius 3 is 2.53 bits per heavy atom. The monoisotopic (exact) mass is 813 g/mol. The van der Waals surface area contributed by atoms with E-state index in [0.29, 0.717) is 48.2 Å². The number of piperidine rings is 1. The quantitative estimate of drug-likeness (QED) is 0.0679. The molecule has 3 amide bonds. The number of anilines is 1. The first-order chi connectivity index (χ1) is 27.8. The molecule has 0 unspecified atom stereocenters. The van der Waals surface area contributed by atoms with Crippen molar-refractivity contribution >= 4 is 46.6 Å². The van der Waals surface area contributed by atoms with Crippen LogP contribution in [0.5, 0.6) is 5.75 Å². The molecule has 5 heterocycles. The van der Waals surface area contributed by atoms with Gasteiger partial charge in [0.15, 0.2) is 0 Å². The number of nitrogens with one attached hydrogen (secondary N) is 4. The fraction of sp³-hybridized carbons (Fsp3) is 0.524. The second kappa shape index (κ2) is 18.0. The smallest absolute Gasteiger partial charge is 0.256 e. The number of carbonyl (C=O) groups is 3. The van der Waals surface area contributed by atoms with Crippen molar-refractivity contribution in [1.29, 1.82) is 0 Å². The SMILES string of the molecule is Cn1ncc(-c2nc(N[C@H]3CC[C@H](NCCCCCNCc4ccc(OCc5scc6c5CN([C@H]5CCC(=O)NC5=O)C6=O)cc4)CC3)ncc2Cl)c1CC1CC1. The van der Waals surface area contributed by atoms with Gasteiger partial charge in [-0.1, -0.05) is 30.2 Å². The first-order valence-electron chi connectivity index (χ1n) is 20.5. The molecule has 13 nitrogen and oxygen atoms in total. The molecule has 3 aromatic heterocycles. The van der Waals surface area contributed by atoms with Crippen LogP contribution in [0, 0.1) is 5.92 Å². The topological polar surface area (TPSA) is 155 Å². The Hall–Kier alpha value is -4.37. The molecule has 8 rings (SSSR count). The van der Waals surface area contributed by atoms with Gasteiger partial charge in [0.05, 0.1) is 28.7 Å². The summed E-state index contributed by atoms with van der Waals surface area (Å²) < 4.78 is 8.04. The summed E-state index contributed by atoms with van der Waals surface area (Å²) in [4.78, 5) is 48.9. The largest absolute Gasteiger partial charge is 0.488 e. The van der Waals surface area contributed by atoms with Crippen molar-refractivity contribution in [3.05, 3.63) is 74.3 Å². The third-order valence-corrected chi connectivity index (χ3v) is 13.1. The van der Waals surface area contributed by atoms with Crippen LogP contribution in [0.4, 0.5) is 5.95 Å². The van der Waals surface area contributed by atoms with Crippen LogP contribution in [0.3, 0.4) is 0 Å². The number of imide groups is 1. The maximum atomic E-state index is 13.0. The summed E-state index contributed by atoms with van der Waals surface area (Å²) in [7, 11) is 2.00. The first kappa shape index (κ1) is 39.5. The standard InChI is InChI=1S/C42H52ClN9O4S/c1-51-36(19-26-5-6-26)31(21-47-51)39-34(43)22-46-42(50-39)48-29-11-9-28(10-12-29)45-18-4-2-3-17-44-20-27-7-13-30(14-8-27)56-24-37-32-23-52(41(55)33(32)25-57-37)35-15-16-38(53)49-40(35)54/h7-8,13-14,21-22,25-26,28-29,35,44-45H,2-6,9-12,15-20,23-24H2,1H3,(H,46,48,50)(H,49,53,54)/t28-,29-,35-/m0/s1. The molecule has 4 aromatic rings. The number of amides is 3. The highest BCUT2D eigenvalue weighted by molar-refractivity contribution is 7.10. The van der Waals surface area contributed by atoms with E-state index < -0.39 is 11.9 Å². The molecule has 2 aliphatic heterocycles. The number of unbranched alkanes of at least 4 members (excludes halogenated alkanes) is 2. The number of benzene rings is 1. The Morgan fingerprint density at radius 2 is 1.74 bits per heavy atom. The van der Waals surface area contributed by atoms with Crippen molar-refractivity contribution in [3.8, 4) is 17.0 Å². The lowest BCUT2D eigenvalue weighted by Crippen LogP contribution is -2.52. The van der Waals surface area contributed by atoms with Crippen molar-refractivity contribution in [3.63, 3.8) is 0 Å². The number of fused-ring (bicyclic) bond motifs is 1. The maximum absolute atomic E-state index is 13.0. The molecule has 15 heteroatoms. The third kappa shape index (κ3) is 9.68. The van der Waals surface area contributed by atoms with E-state index in [1.54, 1.807) is 11.1 Å². The lowest BCUT2D eigenvalue weighted by atomic mass is 9.91. The highest BCUT2D eigenvalue weighted by atomic mass is 35.5. The van der Waals surface area contributed by atoms with Gasteiger partial charge in [-0.2, -0.15) is 5.10 Å². The van der Waals surface area contributed by atoms with Gasteiger partial charge in [0.2, 0.25) is 17.8 Å². The molecule has 1 saturated heterocycles. The molecular weight excluding hydrogens is 762 g/mol. The van der Waals surface area contributed by atoms with Crippen LogP contribution in [0.2, 0.25) is 5.02 Å². The van der Waals surface area contributed by atoms with E-state index >= 15 is 0 Å².